The van der Waals surface area contributed by atoms with E-state index in [0.29, 0.717) is 0 Å². The average molecular weight is 161 g/mol. The van der Waals surface area contributed by atoms with Crippen LogP contribution in [0.15, 0.2) is 0 Å². The Morgan fingerprint density at radius 3 is 2.55 bits per heavy atom. The van der Waals surface area contributed by atoms with Crippen molar-refractivity contribution in [3.8, 4) is 0 Å². The molecule has 0 heterocycles. The monoisotopic (exact) mass is 161 g/mol. The van der Waals surface area contributed by atoms with Gasteiger partial charge < -0.3 is 15.2 Å². The molecule has 0 aliphatic carbocycles. The van der Waals surface area contributed by atoms with Gasteiger partial charge in [-0.3, -0.25) is 0 Å². The van der Waals surface area contributed by atoms with Crippen LogP contribution in [-0.4, -0.2) is 38.0 Å². The zero-order valence-corrected chi connectivity index (χ0v) is 7.63. The van der Waals surface area contributed by atoms with E-state index < -0.39 is 0 Å². The molecule has 3 nitrogen and oxygen atoms in total. The van der Waals surface area contributed by atoms with Crippen LogP contribution in [0.25, 0.3) is 0 Å². The van der Waals surface area contributed by atoms with Crippen LogP contribution in [-0.2, 0) is 4.74 Å². The molecule has 0 rings (SSSR count). The van der Waals surface area contributed by atoms with Crippen molar-refractivity contribution in [2.75, 3.05) is 20.7 Å². The normalized spacial score (nSPS) is 16.4. The van der Waals surface area contributed by atoms with Crippen molar-refractivity contribution in [1.29, 1.82) is 0 Å². The fourth-order valence-corrected chi connectivity index (χ4v) is 1.02. The summed E-state index contributed by atoms with van der Waals surface area (Å²) in [6, 6.07) is 0. The number of methoxy groups -OCH3 is 1. The summed E-state index contributed by atoms with van der Waals surface area (Å²) < 4.78 is 5.16. The predicted octanol–water partition coefficient (Wildman–Crippen LogP) is 0.382. The Kier molecular flexibility index (Phi) is 6.51. The molecule has 0 bridgehead atoms. The molecule has 0 aromatic rings. The highest BCUT2D eigenvalue weighted by molar-refractivity contribution is 4.62. The summed E-state index contributed by atoms with van der Waals surface area (Å²) in [5.74, 6) is 0. The maximum Gasteiger partial charge on any atom is 0.0608 e. The average Bonchev–Trinajstić information content (AvgIpc) is 1.97. The second-order valence-corrected chi connectivity index (χ2v) is 2.83. The van der Waals surface area contributed by atoms with Gasteiger partial charge in [0, 0.05) is 7.11 Å². The lowest BCUT2D eigenvalue weighted by Gasteiger charge is -2.16. The highest BCUT2D eigenvalue weighted by Gasteiger charge is 2.09. The fraction of sp³-hybridized carbons (Fsp3) is 1.00. The Morgan fingerprint density at radius 1 is 1.55 bits per heavy atom. The minimum absolute atomic E-state index is 0.183. The highest BCUT2D eigenvalue weighted by atomic mass is 16.5. The van der Waals surface area contributed by atoms with E-state index in [1.165, 1.54) is 0 Å². The zero-order valence-electron chi connectivity index (χ0n) is 7.63. The first-order valence-corrected chi connectivity index (χ1v) is 4.06. The van der Waals surface area contributed by atoms with Crippen LogP contribution in [0.1, 0.15) is 19.8 Å². The Morgan fingerprint density at radius 2 is 2.18 bits per heavy atom. The van der Waals surface area contributed by atoms with Crippen LogP contribution in [0.2, 0.25) is 0 Å². The molecule has 0 saturated heterocycles. The number of aliphatic hydroxyl groups is 1. The molecule has 3 heteroatoms. The molecule has 68 valence electrons. The molecule has 11 heavy (non-hydrogen) atoms. The first kappa shape index (κ1) is 10.9. The largest absolute Gasteiger partial charge is 0.393 e. The Bertz CT molecular complexity index is 86.2. The van der Waals surface area contributed by atoms with Gasteiger partial charge in [-0.2, -0.15) is 0 Å². The Labute approximate surface area is 68.8 Å². The smallest absolute Gasteiger partial charge is 0.0608 e. The van der Waals surface area contributed by atoms with E-state index in [0.717, 1.165) is 19.4 Å². The fourth-order valence-electron chi connectivity index (χ4n) is 1.02. The van der Waals surface area contributed by atoms with Crippen molar-refractivity contribution in [1.82, 2.24) is 5.32 Å². The van der Waals surface area contributed by atoms with Crippen LogP contribution in [0.4, 0.5) is 0 Å². The van der Waals surface area contributed by atoms with Crippen LogP contribution < -0.4 is 5.32 Å². The standard InChI is InChI=1S/C8H19NO2/c1-7(10)6-8(11-3)4-5-9-2/h7-10H,4-6H2,1-3H3/t7?,8-/m0/s1. The third-order valence-corrected chi connectivity index (χ3v) is 1.65. The summed E-state index contributed by atoms with van der Waals surface area (Å²) in [6.07, 6.45) is 1.59. The SMILES string of the molecule is CNCC[C@@H](CC(C)O)OC. The summed E-state index contributed by atoms with van der Waals surface area (Å²) in [5, 5.41) is 12.1. The van der Waals surface area contributed by atoms with Crippen molar-refractivity contribution < 1.29 is 9.84 Å². The molecule has 0 aliphatic heterocycles. The van der Waals surface area contributed by atoms with E-state index in [9.17, 15) is 0 Å². The quantitative estimate of drug-likeness (QED) is 0.592. The lowest BCUT2D eigenvalue weighted by atomic mass is 10.1. The lowest BCUT2D eigenvalue weighted by Crippen LogP contribution is -2.22. The molecular formula is C8H19NO2. The summed E-state index contributed by atoms with van der Waals surface area (Å²) in [4.78, 5) is 0. The van der Waals surface area contributed by atoms with Crippen molar-refractivity contribution in [3.63, 3.8) is 0 Å². The van der Waals surface area contributed by atoms with Gasteiger partial charge in [-0.1, -0.05) is 0 Å². The minimum atomic E-state index is -0.267. The molecule has 0 aromatic carbocycles. The molecule has 0 amide bonds. The first-order valence-electron chi connectivity index (χ1n) is 4.06. The molecule has 0 aliphatic rings. The van der Waals surface area contributed by atoms with Gasteiger partial charge in [0.1, 0.15) is 0 Å². The molecule has 1 unspecified atom stereocenters. The van der Waals surface area contributed by atoms with Crippen molar-refractivity contribution in [3.05, 3.63) is 0 Å². The number of hydrogen-bond acceptors (Lipinski definition) is 3. The summed E-state index contributed by atoms with van der Waals surface area (Å²) in [5.41, 5.74) is 0. The second-order valence-electron chi connectivity index (χ2n) is 2.83. The van der Waals surface area contributed by atoms with E-state index in [-0.39, 0.29) is 12.2 Å². The van der Waals surface area contributed by atoms with E-state index in [4.69, 9.17) is 9.84 Å². The third kappa shape index (κ3) is 6.28. The van der Waals surface area contributed by atoms with Crippen LogP contribution >= 0.6 is 0 Å². The summed E-state index contributed by atoms with van der Waals surface area (Å²) >= 11 is 0. The number of aliphatic hydroxyl groups excluding tert-OH is 1. The molecule has 2 N–H and O–H groups in total. The van der Waals surface area contributed by atoms with E-state index in [2.05, 4.69) is 5.32 Å². The number of hydrogen-bond donors (Lipinski definition) is 2. The molecule has 2 atom stereocenters. The minimum Gasteiger partial charge on any atom is -0.393 e. The lowest BCUT2D eigenvalue weighted by molar-refractivity contribution is 0.0469. The molecule has 0 saturated carbocycles. The molecular weight excluding hydrogens is 142 g/mol. The van der Waals surface area contributed by atoms with Gasteiger partial charge in [0.05, 0.1) is 12.2 Å². The molecule has 0 spiro atoms. The zero-order chi connectivity index (χ0) is 8.69. The molecule has 0 radical (unpaired) electrons. The van der Waals surface area contributed by atoms with Gasteiger partial charge in [-0.05, 0) is 33.4 Å². The Hall–Kier alpha value is -0.120. The van der Waals surface area contributed by atoms with Crippen LogP contribution in [0, 0.1) is 0 Å². The van der Waals surface area contributed by atoms with E-state index in [1.54, 1.807) is 14.0 Å². The van der Waals surface area contributed by atoms with Crippen LogP contribution in [0.3, 0.4) is 0 Å². The molecule has 0 aromatic heterocycles. The van der Waals surface area contributed by atoms with Crippen molar-refractivity contribution in [2.45, 2.75) is 32.0 Å². The summed E-state index contributed by atoms with van der Waals surface area (Å²) in [7, 11) is 3.60. The van der Waals surface area contributed by atoms with Gasteiger partial charge in [-0.15, -0.1) is 0 Å². The van der Waals surface area contributed by atoms with E-state index >= 15 is 0 Å². The van der Waals surface area contributed by atoms with E-state index in [1.807, 2.05) is 7.05 Å². The second kappa shape index (κ2) is 6.58. The predicted molar refractivity (Wildman–Crippen MR) is 45.6 cm³/mol. The Balaban J connectivity index is 3.41. The molecule has 0 fully saturated rings. The van der Waals surface area contributed by atoms with Crippen molar-refractivity contribution >= 4 is 0 Å². The van der Waals surface area contributed by atoms with Gasteiger partial charge >= 0.3 is 0 Å². The van der Waals surface area contributed by atoms with Gasteiger partial charge in [-0.25, -0.2) is 0 Å². The maximum absolute atomic E-state index is 9.05. The number of ether oxygens (including phenoxy) is 1. The van der Waals surface area contributed by atoms with Gasteiger partial charge in [0.2, 0.25) is 0 Å². The van der Waals surface area contributed by atoms with Gasteiger partial charge in [0.25, 0.3) is 0 Å². The van der Waals surface area contributed by atoms with Gasteiger partial charge in [0.15, 0.2) is 0 Å². The maximum atomic E-state index is 9.05. The topological polar surface area (TPSA) is 41.5 Å². The number of nitrogens with one attached hydrogen (secondary N) is 1. The van der Waals surface area contributed by atoms with Crippen molar-refractivity contribution in [2.24, 2.45) is 0 Å². The first-order chi connectivity index (χ1) is 5.20. The third-order valence-electron chi connectivity index (χ3n) is 1.65. The highest BCUT2D eigenvalue weighted by Crippen LogP contribution is 2.04. The van der Waals surface area contributed by atoms with Crippen LogP contribution in [0.5, 0.6) is 0 Å². The number of rotatable bonds is 6. The summed E-state index contributed by atoms with van der Waals surface area (Å²) in [6.45, 7) is 2.72.